The molecule has 0 amide bonds. The molecule has 0 bridgehead atoms. The smallest absolute Gasteiger partial charge is 0.330 e. The molecule has 1 fully saturated rings. The Labute approximate surface area is 303 Å². The molecule has 3 aromatic carbocycles. The van der Waals surface area contributed by atoms with Gasteiger partial charge in [-0.2, -0.15) is 0 Å². The SMILES string of the molecule is COc1ccc(C(OC[C@H]2O[C@@H](n3cc(C)c(=O)[nH]c3=O)[C@H](OCCCCS(=O)(=O)NC(C)C)[C@@H]2O)(c2ccccc2)c2ccc(OC)cc2)cc1. The maximum absolute atomic E-state index is 13.1. The number of nitrogens with zero attached hydrogens (tertiary/aromatic N) is 1. The van der Waals surface area contributed by atoms with Crippen LogP contribution in [-0.4, -0.2) is 80.6 Å². The number of unbranched alkanes of at least 4 members (excludes halogenated alkanes) is 1. The topological polar surface area (TPSA) is 167 Å². The minimum absolute atomic E-state index is 0.0785. The zero-order chi connectivity index (χ0) is 37.5. The number of aromatic nitrogens is 2. The Morgan fingerprint density at radius 3 is 2.04 bits per heavy atom. The molecule has 3 N–H and O–H groups in total. The van der Waals surface area contributed by atoms with Crippen LogP contribution >= 0.6 is 0 Å². The van der Waals surface area contributed by atoms with Gasteiger partial charge in [-0.05, 0) is 74.6 Å². The molecule has 4 atom stereocenters. The molecule has 280 valence electrons. The van der Waals surface area contributed by atoms with Gasteiger partial charge in [-0.15, -0.1) is 0 Å². The van der Waals surface area contributed by atoms with E-state index in [-0.39, 0.29) is 30.6 Å². The summed E-state index contributed by atoms with van der Waals surface area (Å²) in [5.74, 6) is 1.23. The summed E-state index contributed by atoms with van der Waals surface area (Å²) in [6.07, 6.45) is -2.43. The van der Waals surface area contributed by atoms with Gasteiger partial charge < -0.3 is 28.8 Å². The van der Waals surface area contributed by atoms with Crippen molar-refractivity contribution in [1.29, 1.82) is 0 Å². The van der Waals surface area contributed by atoms with Crippen molar-refractivity contribution in [2.24, 2.45) is 0 Å². The number of H-pyrrole nitrogens is 1. The first-order valence-corrected chi connectivity index (χ1v) is 18.8. The van der Waals surface area contributed by atoms with Crippen molar-refractivity contribution in [3.63, 3.8) is 0 Å². The molecule has 0 radical (unpaired) electrons. The summed E-state index contributed by atoms with van der Waals surface area (Å²) in [4.78, 5) is 27.6. The van der Waals surface area contributed by atoms with Crippen molar-refractivity contribution in [3.8, 4) is 11.5 Å². The largest absolute Gasteiger partial charge is 0.497 e. The second kappa shape index (κ2) is 17.0. The van der Waals surface area contributed by atoms with Gasteiger partial charge in [0.05, 0.1) is 26.6 Å². The van der Waals surface area contributed by atoms with Gasteiger partial charge in [-0.3, -0.25) is 14.3 Å². The molecule has 1 saturated heterocycles. The number of nitrogens with one attached hydrogen (secondary N) is 2. The number of aliphatic hydroxyl groups is 1. The third-order valence-corrected chi connectivity index (χ3v) is 10.6. The van der Waals surface area contributed by atoms with Crippen molar-refractivity contribution in [2.45, 2.75) is 69.8 Å². The van der Waals surface area contributed by atoms with Gasteiger partial charge in [0, 0.05) is 24.4 Å². The van der Waals surface area contributed by atoms with Gasteiger partial charge in [0.1, 0.15) is 35.4 Å². The minimum Gasteiger partial charge on any atom is -0.497 e. The third-order valence-electron chi connectivity index (χ3n) is 8.90. The lowest BCUT2D eigenvalue weighted by Gasteiger charge is -2.37. The second-order valence-corrected chi connectivity index (χ2v) is 14.9. The fraction of sp³-hybridized carbons (Fsp3) is 0.421. The number of methoxy groups -OCH3 is 2. The summed E-state index contributed by atoms with van der Waals surface area (Å²) >= 11 is 0. The Morgan fingerprint density at radius 2 is 1.48 bits per heavy atom. The van der Waals surface area contributed by atoms with Gasteiger partial charge in [-0.25, -0.2) is 17.9 Å². The van der Waals surface area contributed by atoms with Gasteiger partial charge in [0.15, 0.2) is 6.23 Å². The van der Waals surface area contributed by atoms with E-state index in [1.807, 2.05) is 78.9 Å². The molecule has 4 aromatic rings. The molecule has 52 heavy (non-hydrogen) atoms. The molecule has 13 nitrogen and oxygen atoms in total. The van der Waals surface area contributed by atoms with E-state index < -0.39 is 51.4 Å². The molecule has 1 aliphatic rings. The van der Waals surface area contributed by atoms with Crippen molar-refractivity contribution >= 4 is 10.0 Å². The van der Waals surface area contributed by atoms with E-state index in [2.05, 4.69) is 9.71 Å². The van der Waals surface area contributed by atoms with Crippen LogP contribution in [0.25, 0.3) is 0 Å². The highest BCUT2D eigenvalue weighted by atomic mass is 32.2. The number of aromatic amines is 1. The Kier molecular flexibility index (Phi) is 12.7. The summed E-state index contributed by atoms with van der Waals surface area (Å²) in [6.45, 7) is 4.98. The van der Waals surface area contributed by atoms with E-state index in [4.69, 9.17) is 23.7 Å². The van der Waals surface area contributed by atoms with E-state index in [1.54, 1.807) is 35.0 Å². The van der Waals surface area contributed by atoms with Crippen LogP contribution in [0.5, 0.6) is 11.5 Å². The Balaban J connectivity index is 1.47. The average Bonchev–Trinajstić information content (AvgIpc) is 3.44. The maximum Gasteiger partial charge on any atom is 0.330 e. The lowest BCUT2D eigenvalue weighted by molar-refractivity contribution is -0.0982. The van der Waals surface area contributed by atoms with Crippen LogP contribution in [0.3, 0.4) is 0 Å². The fourth-order valence-corrected chi connectivity index (χ4v) is 7.77. The first-order chi connectivity index (χ1) is 24.9. The number of ether oxygens (including phenoxy) is 5. The molecule has 5 rings (SSSR count). The third kappa shape index (κ3) is 8.82. The van der Waals surface area contributed by atoms with Crippen LogP contribution < -0.4 is 25.4 Å². The molecule has 0 saturated carbocycles. The molecular formula is C38H47N3O10S. The maximum atomic E-state index is 13.1. The number of hydrogen-bond donors (Lipinski definition) is 3. The van der Waals surface area contributed by atoms with Gasteiger partial charge in [-0.1, -0.05) is 54.6 Å². The van der Waals surface area contributed by atoms with Crippen LogP contribution in [0.2, 0.25) is 0 Å². The Bertz CT molecular complexity index is 1930. The van der Waals surface area contributed by atoms with Crippen molar-refractivity contribution < 1.29 is 37.2 Å². The predicted molar refractivity (Wildman–Crippen MR) is 195 cm³/mol. The first kappa shape index (κ1) is 38.9. The summed E-state index contributed by atoms with van der Waals surface area (Å²) in [7, 11) is -0.272. The standard InChI is InChI=1S/C38H47N3O10S/c1-25(2)40-52(45,46)22-10-9-21-49-34-33(42)32(51-36(34)41-23-26(3)35(43)39-37(41)44)24-50-38(27-11-7-6-8-12-27,28-13-17-30(47-4)18-14-28)29-15-19-31(48-5)20-16-29/h6-8,11-20,23,25,32-34,36,40,42H,9-10,21-22,24H2,1-5H3,(H,39,43,44)/t32-,33-,34-,36-/m1/s1. The van der Waals surface area contributed by atoms with Gasteiger partial charge in [0.25, 0.3) is 5.56 Å². The molecule has 1 aliphatic heterocycles. The normalized spacial score (nSPS) is 19.2. The van der Waals surface area contributed by atoms with Crippen LogP contribution in [-0.2, 0) is 29.8 Å². The predicted octanol–water partition coefficient (Wildman–Crippen LogP) is 3.62. The minimum atomic E-state index is -3.46. The van der Waals surface area contributed by atoms with E-state index >= 15 is 0 Å². The number of hydrogen-bond acceptors (Lipinski definition) is 10. The zero-order valence-electron chi connectivity index (χ0n) is 30.0. The fourth-order valence-electron chi connectivity index (χ4n) is 6.35. The van der Waals surface area contributed by atoms with Gasteiger partial charge >= 0.3 is 5.69 Å². The van der Waals surface area contributed by atoms with Crippen molar-refractivity contribution in [1.82, 2.24) is 14.3 Å². The molecule has 1 aromatic heterocycles. The summed E-state index contributed by atoms with van der Waals surface area (Å²) in [6, 6.07) is 24.4. The number of benzene rings is 3. The van der Waals surface area contributed by atoms with Crippen LogP contribution in [0.1, 0.15) is 55.2 Å². The van der Waals surface area contributed by atoms with E-state index in [0.29, 0.717) is 24.3 Å². The average molecular weight is 738 g/mol. The van der Waals surface area contributed by atoms with Crippen molar-refractivity contribution in [3.05, 3.63) is 128 Å². The monoisotopic (exact) mass is 737 g/mol. The molecule has 2 heterocycles. The highest BCUT2D eigenvalue weighted by Gasteiger charge is 2.48. The van der Waals surface area contributed by atoms with E-state index in [9.17, 15) is 23.1 Å². The molecule has 0 aliphatic carbocycles. The summed E-state index contributed by atoms with van der Waals surface area (Å²) in [5, 5.41) is 11.8. The quantitative estimate of drug-likeness (QED) is 0.108. The second-order valence-electron chi connectivity index (χ2n) is 13.0. The highest BCUT2D eigenvalue weighted by molar-refractivity contribution is 7.89. The summed E-state index contributed by atoms with van der Waals surface area (Å²) in [5.41, 5.74) is 0.131. The van der Waals surface area contributed by atoms with Crippen LogP contribution in [0, 0.1) is 6.92 Å². The Hall–Kier alpha value is -4.31. The first-order valence-electron chi connectivity index (χ1n) is 17.1. The van der Waals surface area contributed by atoms with Gasteiger partial charge in [0.2, 0.25) is 10.0 Å². The highest BCUT2D eigenvalue weighted by Crippen LogP contribution is 2.43. The number of aryl methyl sites for hydroxylation is 1. The summed E-state index contributed by atoms with van der Waals surface area (Å²) < 4.78 is 58.7. The Morgan fingerprint density at radius 1 is 0.904 bits per heavy atom. The van der Waals surface area contributed by atoms with Crippen LogP contribution in [0.15, 0.2) is 94.6 Å². The molecular weight excluding hydrogens is 690 g/mol. The molecule has 0 unspecified atom stereocenters. The number of rotatable bonds is 17. The zero-order valence-corrected chi connectivity index (χ0v) is 30.8. The van der Waals surface area contributed by atoms with E-state index in [1.165, 1.54) is 10.8 Å². The molecule has 0 spiro atoms. The van der Waals surface area contributed by atoms with Crippen LogP contribution in [0.4, 0.5) is 0 Å². The van der Waals surface area contributed by atoms with Crippen molar-refractivity contribution in [2.75, 3.05) is 33.2 Å². The van der Waals surface area contributed by atoms with E-state index in [0.717, 1.165) is 16.7 Å². The number of sulfonamides is 1. The lowest BCUT2D eigenvalue weighted by atomic mass is 9.80. The number of aliphatic hydroxyl groups excluding tert-OH is 1. The lowest BCUT2D eigenvalue weighted by Crippen LogP contribution is -2.41. The molecule has 14 heteroatoms.